The first kappa shape index (κ1) is 13.3. The Balaban J connectivity index is 1.79. The maximum absolute atomic E-state index is 3.54. The van der Waals surface area contributed by atoms with Gasteiger partial charge in [0.25, 0.3) is 0 Å². The minimum absolute atomic E-state index is 0.686. The van der Waals surface area contributed by atoms with Crippen molar-refractivity contribution in [1.82, 2.24) is 4.90 Å². The maximum atomic E-state index is 3.54. The third-order valence-corrected chi connectivity index (χ3v) is 5.92. The summed E-state index contributed by atoms with van der Waals surface area (Å²) in [6, 6.07) is 7.45. The lowest BCUT2D eigenvalue weighted by atomic mass is 9.97. The van der Waals surface area contributed by atoms with E-state index in [4.69, 9.17) is 0 Å². The number of hydrogen-bond donors (Lipinski definition) is 1. The van der Waals surface area contributed by atoms with Crippen LogP contribution in [0.25, 0.3) is 0 Å². The molecule has 2 aliphatic rings. The van der Waals surface area contributed by atoms with E-state index in [9.17, 15) is 0 Å². The minimum Gasteiger partial charge on any atom is -0.385 e. The highest BCUT2D eigenvalue weighted by molar-refractivity contribution is 8.00. The van der Waals surface area contributed by atoms with Gasteiger partial charge in [-0.1, -0.05) is 19.1 Å². The highest BCUT2D eigenvalue weighted by atomic mass is 32.2. The summed E-state index contributed by atoms with van der Waals surface area (Å²) in [5.41, 5.74) is 4.47. The summed E-state index contributed by atoms with van der Waals surface area (Å²) in [6.07, 6.45) is 2.51. The van der Waals surface area contributed by atoms with E-state index in [-0.39, 0.29) is 0 Å². The summed E-state index contributed by atoms with van der Waals surface area (Å²) in [6.45, 7) is 8.22. The maximum Gasteiger partial charge on any atom is 0.0375 e. The number of fused-ring (bicyclic) bond motifs is 1. The largest absolute Gasteiger partial charge is 0.385 e. The number of hydrogen-bond acceptors (Lipinski definition) is 3. The zero-order valence-electron chi connectivity index (χ0n) is 12.0. The molecule has 1 aromatic rings. The molecule has 2 nitrogen and oxygen atoms in total. The summed E-state index contributed by atoms with van der Waals surface area (Å²) in [5.74, 6) is 1.28. The Morgan fingerprint density at radius 1 is 1.37 bits per heavy atom. The summed E-state index contributed by atoms with van der Waals surface area (Å²) in [5, 5.41) is 4.29. The van der Waals surface area contributed by atoms with Crippen LogP contribution in [0, 0.1) is 0 Å². The van der Waals surface area contributed by atoms with Gasteiger partial charge in [0.05, 0.1) is 0 Å². The molecule has 0 amide bonds. The van der Waals surface area contributed by atoms with E-state index in [1.54, 1.807) is 5.56 Å². The van der Waals surface area contributed by atoms with E-state index in [1.807, 2.05) is 0 Å². The number of anilines is 1. The van der Waals surface area contributed by atoms with Crippen molar-refractivity contribution in [3.63, 3.8) is 0 Å². The molecule has 1 aromatic carbocycles. The lowest BCUT2D eigenvalue weighted by Gasteiger charge is -2.38. The molecule has 0 bridgehead atoms. The SMILES string of the molecule is CC1SCCN(Cc2cccc3c2CCCN3)C1C. The molecular formula is C16H24N2S. The molecule has 0 radical (unpaired) electrons. The first-order valence-corrected chi connectivity index (χ1v) is 8.51. The van der Waals surface area contributed by atoms with Gasteiger partial charge >= 0.3 is 0 Å². The predicted molar refractivity (Wildman–Crippen MR) is 85.0 cm³/mol. The summed E-state index contributed by atoms with van der Waals surface area (Å²) in [4.78, 5) is 2.66. The van der Waals surface area contributed by atoms with Gasteiger partial charge in [0.15, 0.2) is 0 Å². The Labute approximate surface area is 121 Å². The Morgan fingerprint density at radius 2 is 2.26 bits per heavy atom. The molecule has 19 heavy (non-hydrogen) atoms. The monoisotopic (exact) mass is 276 g/mol. The summed E-state index contributed by atoms with van der Waals surface area (Å²) >= 11 is 2.12. The van der Waals surface area contributed by atoms with E-state index < -0.39 is 0 Å². The fraction of sp³-hybridized carbons (Fsp3) is 0.625. The lowest BCUT2D eigenvalue weighted by molar-refractivity contribution is 0.204. The normalized spacial score (nSPS) is 27.7. The van der Waals surface area contributed by atoms with Gasteiger partial charge in [0.2, 0.25) is 0 Å². The standard InChI is InChI=1S/C16H24N2S/c1-12-13(2)19-10-9-18(12)11-14-5-3-7-16-15(14)6-4-8-17-16/h3,5,7,12-13,17H,4,6,8-11H2,1-2H3. The van der Waals surface area contributed by atoms with Crippen molar-refractivity contribution in [2.24, 2.45) is 0 Å². The molecule has 0 saturated carbocycles. The van der Waals surface area contributed by atoms with Gasteiger partial charge in [-0.25, -0.2) is 0 Å². The Bertz CT molecular complexity index is 446. The second-order valence-corrected chi connectivity index (χ2v) is 7.25. The third kappa shape index (κ3) is 2.77. The molecule has 2 heterocycles. The van der Waals surface area contributed by atoms with Crippen molar-refractivity contribution < 1.29 is 0 Å². The Kier molecular flexibility index (Phi) is 4.04. The molecule has 2 unspecified atom stereocenters. The van der Waals surface area contributed by atoms with Crippen molar-refractivity contribution in [2.75, 3.05) is 24.2 Å². The highest BCUT2D eigenvalue weighted by Crippen LogP contribution is 2.29. The average Bonchev–Trinajstić information content (AvgIpc) is 2.44. The van der Waals surface area contributed by atoms with Crippen LogP contribution in [0.3, 0.4) is 0 Å². The molecule has 2 aliphatic heterocycles. The first-order chi connectivity index (χ1) is 9.25. The van der Waals surface area contributed by atoms with Gasteiger partial charge < -0.3 is 5.32 Å². The first-order valence-electron chi connectivity index (χ1n) is 7.46. The van der Waals surface area contributed by atoms with Crippen molar-refractivity contribution >= 4 is 17.4 Å². The molecular weight excluding hydrogens is 252 g/mol. The number of benzene rings is 1. The molecule has 0 aromatic heterocycles. The van der Waals surface area contributed by atoms with Crippen molar-refractivity contribution in [3.05, 3.63) is 29.3 Å². The van der Waals surface area contributed by atoms with E-state index in [1.165, 1.54) is 36.4 Å². The topological polar surface area (TPSA) is 15.3 Å². The zero-order valence-corrected chi connectivity index (χ0v) is 12.8. The van der Waals surface area contributed by atoms with Crippen LogP contribution in [0.1, 0.15) is 31.4 Å². The van der Waals surface area contributed by atoms with Gasteiger partial charge in [-0.15, -0.1) is 0 Å². The van der Waals surface area contributed by atoms with Crippen LogP contribution in [0.2, 0.25) is 0 Å². The fourth-order valence-corrected chi connectivity index (χ4v) is 4.33. The van der Waals surface area contributed by atoms with E-state index >= 15 is 0 Å². The molecule has 1 N–H and O–H groups in total. The van der Waals surface area contributed by atoms with Crippen LogP contribution in [-0.4, -0.2) is 35.0 Å². The predicted octanol–water partition coefficient (Wildman–Crippen LogP) is 3.37. The van der Waals surface area contributed by atoms with Crippen LogP contribution in [-0.2, 0) is 13.0 Å². The zero-order chi connectivity index (χ0) is 13.2. The van der Waals surface area contributed by atoms with Crippen LogP contribution in [0.15, 0.2) is 18.2 Å². The van der Waals surface area contributed by atoms with Crippen LogP contribution >= 0.6 is 11.8 Å². The van der Waals surface area contributed by atoms with Crippen LogP contribution < -0.4 is 5.32 Å². The van der Waals surface area contributed by atoms with Crippen molar-refractivity contribution in [1.29, 1.82) is 0 Å². The Hall–Kier alpha value is -0.670. The molecule has 1 fully saturated rings. The highest BCUT2D eigenvalue weighted by Gasteiger charge is 2.26. The van der Waals surface area contributed by atoms with Gasteiger partial charge in [0.1, 0.15) is 0 Å². The van der Waals surface area contributed by atoms with E-state index in [0.717, 1.165) is 18.3 Å². The van der Waals surface area contributed by atoms with Gasteiger partial charge in [-0.05, 0) is 37.0 Å². The fourth-order valence-electron chi connectivity index (χ4n) is 3.17. The lowest BCUT2D eigenvalue weighted by Crippen LogP contribution is -2.44. The average molecular weight is 276 g/mol. The van der Waals surface area contributed by atoms with E-state index in [2.05, 4.69) is 54.0 Å². The molecule has 0 spiro atoms. The Morgan fingerprint density at radius 3 is 3.16 bits per heavy atom. The number of nitrogens with zero attached hydrogens (tertiary/aromatic N) is 1. The van der Waals surface area contributed by atoms with Crippen LogP contribution in [0.5, 0.6) is 0 Å². The summed E-state index contributed by atoms with van der Waals surface area (Å²) < 4.78 is 0. The molecule has 1 saturated heterocycles. The minimum atomic E-state index is 0.686. The number of rotatable bonds is 2. The third-order valence-electron chi connectivity index (χ3n) is 4.58. The van der Waals surface area contributed by atoms with Crippen molar-refractivity contribution in [3.8, 4) is 0 Å². The molecule has 3 heteroatoms. The number of thioether (sulfide) groups is 1. The van der Waals surface area contributed by atoms with E-state index in [0.29, 0.717) is 6.04 Å². The van der Waals surface area contributed by atoms with Crippen LogP contribution in [0.4, 0.5) is 5.69 Å². The summed E-state index contributed by atoms with van der Waals surface area (Å²) in [7, 11) is 0. The quantitative estimate of drug-likeness (QED) is 0.891. The second-order valence-electron chi connectivity index (χ2n) is 5.76. The van der Waals surface area contributed by atoms with Crippen molar-refractivity contribution in [2.45, 2.75) is 44.5 Å². The van der Waals surface area contributed by atoms with Gasteiger partial charge in [0, 0.05) is 42.4 Å². The van der Waals surface area contributed by atoms with Gasteiger partial charge in [-0.2, -0.15) is 11.8 Å². The second kappa shape index (κ2) is 5.76. The number of nitrogens with one attached hydrogen (secondary N) is 1. The van der Waals surface area contributed by atoms with Gasteiger partial charge in [-0.3, -0.25) is 4.90 Å². The molecule has 3 rings (SSSR count). The molecule has 104 valence electrons. The smallest absolute Gasteiger partial charge is 0.0375 e. The molecule has 0 aliphatic carbocycles. The molecule has 2 atom stereocenters.